The molecule has 2 nitrogen and oxygen atoms in total. The van der Waals surface area contributed by atoms with Crippen molar-refractivity contribution in [3.05, 3.63) is 59.2 Å². The summed E-state index contributed by atoms with van der Waals surface area (Å²) in [5.74, 6) is 1.33. The smallest absolute Gasteiger partial charge is 0.159 e. The first-order valence-electron chi connectivity index (χ1n) is 10.7. The van der Waals surface area contributed by atoms with E-state index < -0.39 is 0 Å². The van der Waals surface area contributed by atoms with Crippen LogP contribution in [0.3, 0.4) is 0 Å². The van der Waals surface area contributed by atoms with Crippen molar-refractivity contribution >= 4 is 11.9 Å². The molecule has 0 bridgehead atoms. The van der Waals surface area contributed by atoms with E-state index in [9.17, 15) is 4.79 Å². The van der Waals surface area contributed by atoms with E-state index in [-0.39, 0.29) is 11.4 Å². The topological polar surface area (TPSA) is 26.3 Å². The van der Waals surface area contributed by atoms with E-state index in [1.54, 1.807) is 6.92 Å². The monoisotopic (exact) mass is 394 g/mol. The van der Waals surface area contributed by atoms with Crippen LogP contribution in [0.2, 0.25) is 0 Å². The molecular weight excluding hydrogens is 356 g/mol. The SMILES string of the molecule is C/C=C\c1ccc(-c2cc(OC(C)(C)CC(C)C)cc(C(C)=O)c2)cc1C.CC. The van der Waals surface area contributed by atoms with Gasteiger partial charge in [0.15, 0.2) is 5.78 Å². The quantitative estimate of drug-likeness (QED) is 0.443. The molecule has 0 aliphatic rings. The van der Waals surface area contributed by atoms with Crippen molar-refractivity contribution in [2.24, 2.45) is 5.92 Å². The van der Waals surface area contributed by atoms with Gasteiger partial charge in [-0.3, -0.25) is 4.79 Å². The Morgan fingerprint density at radius 1 is 1.07 bits per heavy atom. The fourth-order valence-electron chi connectivity index (χ4n) is 3.59. The van der Waals surface area contributed by atoms with E-state index in [4.69, 9.17) is 4.74 Å². The largest absolute Gasteiger partial charge is 0.488 e. The van der Waals surface area contributed by atoms with Gasteiger partial charge in [0.25, 0.3) is 0 Å². The van der Waals surface area contributed by atoms with Crippen LogP contribution in [0.5, 0.6) is 5.75 Å². The van der Waals surface area contributed by atoms with Crippen LogP contribution in [0.15, 0.2) is 42.5 Å². The highest BCUT2D eigenvalue weighted by Gasteiger charge is 2.22. The summed E-state index contributed by atoms with van der Waals surface area (Å²) in [7, 11) is 0. The summed E-state index contributed by atoms with van der Waals surface area (Å²) in [6.45, 7) is 18.3. The molecule has 29 heavy (non-hydrogen) atoms. The summed E-state index contributed by atoms with van der Waals surface area (Å²) in [5.41, 5.74) is 4.91. The Labute approximate surface area is 178 Å². The molecule has 0 aromatic heterocycles. The normalized spacial score (nSPS) is 11.4. The Morgan fingerprint density at radius 3 is 2.24 bits per heavy atom. The molecule has 0 aliphatic heterocycles. The molecule has 0 aliphatic carbocycles. The van der Waals surface area contributed by atoms with Gasteiger partial charge in [0, 0.05) is 5.56 Å². The van der Waals surface area contributed by atoms with Crippen molar-refractivity contribution in [3.8, 4) is 16.9 Å². The van der Waals surface area contributed by atoms with Crippen molar-refractivity contribution in [1.29, 1.82) is 0 Å². The molecule has 0 heterocycles. The molecule has 0 amide bonds. The molecule has 0 fully saturated rings. The van der Waals surface area contributed by atoms with E-state index in [1.807, 2.05) is 45.0 Å². The van der Waals surface area contributed by atoms with Crippen LogP contribution in [0.1, 0.15) is 83.3 Å². The van der Waals surface area contributed by atoms with Gasteiger partial charge < -0.3 is 4.74 Å². The number of benzene rings is 2. The third-order valence-electron chi connectivity index (χ3n) is 4.56. The van der Waals surface area contributed by atoms with Crippen molar-refractivity contribution in [2.75, 3.05) is 0 Å². The molecule has 0 saturated heterocycles. The van der Waals surface area contributed by atoms with Gasteiger partial charge in [0.1, 0.15) is 11.4 Å². The van der Waals surface area contributed by atoms with Crippen LogP contribution in [-0.2, 0) is 0 Å². The number of allylic oxidation sites excluding steroid dienone is 1. The number of Topliss-reactive ketones (excluding diaryl/α,β-unsaturated/α-hetero) is 1. The number of carbonyl (C=O) groups is 1. The molecule has 0 radical (unpaired) electrons. The summed E-state index contributed by atoms with van der Waals surface area (Å²) in [6.07, 6.45) is 5.10. The predicted octanol–water partition coefficient (Wildman–Crippen LogP) is 8.13. The summed E-state index contributed by atoms with van der Waals surface area (Å²) in [4.78, 5) is 12.1. The molecule has 2 heteroatoms. The first kappa shape index (κ1) is 24.7. The maximum Gasteiger partial charge on any atom is 0.159 e. The zero-order valence-corrected chi connectivity index (χ0v) is 19.7. The van der Waals surface area contributed by atoms with E-state index in [1.165, 1.54) is 11.1 Å². The van der Waals surface area contributed by atoms with Crippen LogP contribution < -0.4 is 4.74 Å². The summed E-state index contributed by atoms with van der Waals surface area (Å²) >= 11 is 0. The zero-order valence-electron chi connectivity index (χ0n) is 19.7. The van der Waals surface area contributed by atoms with Crippen molar-refractivity contribution in [3.63, 3.8) is 0 Å². The summed E-state index contributed by atoms with van der Waals surface area (Å²) < 4.78 is 6.29. The molecule has 0 N–H and O–H groups in total. The second kappa shape index (κ2) is 11.0. The van der Waals surface area contributed by atoms with Gasteiger partial charge in [0.05, 0.1) is 0 Å². The predicted molar refractivity (Wildman–Crippen MR) is 127 cm³/mol. The van der Waals surface area contributed by atoms with Crippen LogP contribution in [0.25, 0.3) is 17.2 Å². The summed E-state index contributed by atoms with van der Waals surface area (Å²) in [6, 6.07) is 12.2. The van der Waals surface area contributed by atoms with Crippen LogP contribution >= 0.6 is 0 Å². The molecule has 2 aromatic carbocycles. The molecule has 0 atom stereocenters. The highest BCUT2D eigenvalue weighted by molar-refractivity contribution is 5.96. The van der Waals surface area contributed by atoms with Gasteiger partial charge in [-0.05, 0) is 87.4 Å². The first-order valence-corrected chi connectivity index (χ1v) is 10.7. The Kier molecular flexibility index (Phi) is 9.36. The molecule has 158 valence electrons. The van der Waals surface area contributed by atoms with E-state index in [2.05, 4.69) is 58.9 Å². The van der Waals surface area contributed by atoms with Crippen LogP contribution in [-0.4, -0.2) is 11.4 Å². The van der Waals surface area contributed by atoms with E-state index in [0.29, 0.717) is 11.5 Å². The highest BCUT2D eigenvalue weighted by Crippen LogP contribution is 2.31. The Morgan fingerprint density at radius 2 is 1.72 bits per heavy atom. The highest BCUT2D eigenvalue weighted by atomic mass is 16.5. The Hall–Kier alpha value is -2.35. The van der Waals surface area contributed by atoms with Gasteiger partial charge in [-0.2, -0.15) is 0 Å². The number of carbonyl (C=O) groups excluding carboxylic acids is 1. The number of rotatable bonds is 7. The number of aryl methyl sites for hydroxylation is 1. The lowest BCUT2D eigenvalue weighted by molar-refractivity contribution is 0.0847. The first-order chi connectivity index (χ1) is 13.6. The molecule has 0 unspecified atom stereocenters. The third kappa shape index (κ3) is 7.53. The van der Waals surface area contributed by atoms with Crippen LogP contribution in [0, 0.1) is 12.8 Å². The van der Waals surface area contributed by atoms with Crippen molar-refractivity contribution in [1.82, 2.24) is 0 Å². The minimum atomic E-state index is -0.285. The lowest BCUT2D eigenvalue weighted by Crippen LogP contribution is -2.30. The molecule has 2 aromatic rings. The number of hydrogen-bond acceptors (Lipinski definition) is 2. The fraction of sp³-hybridized carbons (Fsp3) is 0.444. The minimum absolute atomic E-state index is 0.0469. The maximum atomic E-state index is 12.1. The van der Waals surface area contributed by atoms with Crippen LogP contribution in [0.4, 0.5) is 0 Å². The lowest BCUT2D eigenvalue weighted by Gasteiger charge is -2.28. The average molecular weight is 395 g/mol. The molecule has 0 spiro atoms. The molecule has 0 saturated carbocycles. The fourth-order valence-corrected chi connectivity index (χ4v) is 3.59. The number of ether oxygens (including phenoxy) is 1. The minimum Gasteiger partial charge on any atom is -0.488 e. The van der Waals surface area contributed by atoms with Gasteiger partial charge >= 0.3 is 0 Å². The Balaban J connectivity index is 0.00000204. The lowest BCUT2D eigenvalue weighted by atomic mass is 9.95. The van der Waals surface area contributed by atoms with E-state index in [0.717, 1.165) is 23.3 Å². The van der Waals surface area contributed by atoms with Gasteiger partial charge in [-0.15, -0.1) is 0 Å². The molecular formula is C27H38O2. The van der Waals surface area contributed by atoms with Gasteiger partial charge in [-0.25, -0.2) is 0 Å². The number of hydrogen-bond donors (Lipinski definition) is 0. The maximum absolute atomic E-state index is 12.1. The van der Waals surface area contributed by atoms with Crippen molar-refractivity contribution < 1.29 is 9.53 Å². The second-order valence-corrected chi connectivity index (χ2v) is 8.33. The number of ketones is 1. The van der Waals surface area contributed by atoms with Crippen molar-refractivity contribution in [2.45, 2.75) is 74.3 Å². The average Bonchev–Trinajstić information content (AvgIpc) is 2.63. The van der Waals surface area contributed by atoms with E-state index >= 15 is 0 Å². The standard InChI is InChI=1S/C25H32O2.C2H6/c1-8-9-20-10-11-21(12-18(20)4)23-13-22(19(5)26)14-24(15-23)27-25(6,7)16-17(2)3;1-2/h8-15,17H,16H2,1-7H3;1-2H3/b9-8-;. The van der Waals surface area contributed by atoms with Gasteiger partial charge in [-0.1, -0.05) is 58.0 Å². The van der Waals surface area contributed by atoms with Gasteiger partial charge in [0.2, 0.25) is 0 Å². The second-order valence-electron chi connectivity index (χ2n) is 8.33. The third-order valence-corrected chi connectivity index (χ3v) is 4.56. The zero-order chi connectivity index (χ0) is 22.2. The Bertz CT molecular complexity index is 842. The molecule has 2 rings (SSSR count). The summed E-state index contributed by atoms with van der Waals surface area (Å²) in [5, 5.41) is 0.